The highest BCUT2D eigenvalue weighted by atomic mass is 32.2. The fraction of sp³-hybridized carbons (Fsp3) is 0.444. The van der Waals surface area contributed by atoms with Gasteiger partial charge in [0.05, 0.1) is 11.4 Å². The van der Waals surface area contributed by atoms with Crippen molar-refractivity contribution < 1.29 is 13.2 Å². The molecule has 0 saturated carbocycles. The molecule has 0 fully saturated rings. The number of rotatable bonds is 7. The standard InChI is InChI=1S/C18H24N4O3S2/c1-2-27(24,25)22-12-10-15-16(13-22)26-18(20-15)21-17(23)19-11-6-9-14-7-4-3-5-8-14/h3-5,7-8H,2,6,9-13H2,1H3,(H2,19,20,21,23). The molecule has 1 aliphatic heterocycles. The number of carbonyl (C=O) groups is 1. The van der Waals surface area contributed by atoms with Gasteiger partial charge in [-0.15, -0.1) is 0 Å². The normalized spacial score (nSPS) is 14.6. The van der Waals surface area contributed by atoms with Gasteiger partial charge in [0.1, 0.15) is 0 Å². The van der Waals surface area contributed by atoms with Gasteiger partial charge in [-0.2, -0.15) is 4.31 Å². The van der Waals surface area contributed by atoms with E-state index in [0.717, 1.165) is 23.4 Å². The predicted molar refractivity (Wildman–Crippen MR) is 107 cm³/mol. The Balaban J connectivity index is 1.47. The zero-order chi connectivity index (χ0) is 19.3. The number of amides is 2. The third-order valence-corrected chi connectivity index (χ3v) is 7.27. The first kappa shape index (κ1) is 19.8. The summed E-state index contributed by atoms with van der Waals surface area (Å²) in [5.41, 5.74) is 2.13. The Hall–Kier alpha value is -1.97. The van der Waals surface area contributed by atoms with Crippen molar-refractivity contribution in [2.45, 2.75) is 32.7 Å². The lowest BCUT2D eigenvalue weighted by atomic mass is 10.1. The molecule has 1 aliphatic rings. The maximum absolute atomic E-state index is 12.0. The van der Waals surface area contributed by atoms with Crippen LogP contribution < -0.4 is 10.6 Å². The molecule has 0 saturated heterocycles. The summed E-state index contributed by atoms with van der Waals surface area (Å²) in [6.45, 7) is 3.00. The lowest BCUT2D eigenvalue weighted by Crippen LogP contribution is -2.36. The van der Waals surface area contributed by atoms with Crippen LogP contribution >= 0.6 is 11.3 Å². The third kappa shape index (κ3) is 5.27. The molecule has 3 rings (SSSR count). The predicted octanol–water partition coefficient (Wildman–Crippen LogP) is 2.61. The van der Waals surface area contributed by atoms with Crippen LogP contribution in [0.15, 0.2) is 30.3 Å². The van der Waals surface area contributed by atoms with Gasteiger partial charge in [0.2, 0.25) is 10.0 Å². The van der Waals surface area contributed by atoms with E-state index >= 15 is 0 Å². The minimum Gasteiger partial charge on any atom is -0.338 e. The summed E-state index contributed by atoms with van der Waals surface area (Å²) in [5, 5.41) is 6.10. The molecule has 0 atom stereocenters. The molecular weight excluding hydrogens is 384 g/mol. The van der Waals surface area contributed by atoms with Crippen molar-refractivity contribution in [1.29, 1.82) is 0 Å². The monoisotopic (exact) mass is 408 g/mol. The van der Waals surface area contributed by atoms with Gasteiger partial charge in [0.15, 0.2) is 5.13 Å². The highest BCUT2D eigenvalue weighted by Gasteiger charge is 2.28. The van der Waals surface area contributed by atoms with Crippen LogP contribution in [0.1, 0.15) is 29.5 Å². The minimum atomic E-state index is -3.20. The number of carbonyl (C=O) groups excluding carboxylic acids is 1. The zero-order valence-electron chi connectivity index (χ0n) is 15.3. The number of hydrogen-bond donors (Lipinski definition) is 2. The summed E-state index contributed by atoms with van der Waals surface area (Å²) in [6.07, 6.45) is 2.34. The lowest BCUT2D eigenvalue weighted by Gasteiger charge is -2.24. The number of hydrogen-bond acceptors (Lipinski definition) is 5. The van der Waals surface area contributed by atoms with Crippen molar-refractivity contribution >= 4 is 32.5 Å². The summed E-state index contributed by atoms with van der Waals surface area (Å²) in [7, 11) is -3.20. The number of nitrogens with one attached hydrogen (secondary N) is 2. The summed E-state index contributed by atoms with van der Waals surface area (Å²) in [5.74, 6) is 0.0949. The van der Waals surface area contributed by atoms with Gasteiger partial charge in [-0.1, -0.05) is 41.7 Å². The van der Waals surface area contributed by atoms with Crippen LogP contribution in [-0.2, 0) is 29.4 Å². The molecule has 7 nitrogen and oxygen atoms in total. The van der Waals surface area contributed by atoms with Gasteiger partial charge in [0, 0.05) is 30.9 Å². The van der Waals surface area contributed by atoms with Crippen molar-refractivity contribution in [3.8, 4) is 0 Å². The van der Waals surface area contributed by atoms with Crippen molar-refractivity contribution in [2.24, 2.45) is 0 Å². The highest BCUT2D eigenvalue weighted by Crippen LogP contribution is 2.29. The number of benzene rings is 1. The molecule has 0 radical (unpaired) electrons. The quantitative estimate of drug-likeness (QED) is 0.689. The fourth-order valence-electron chi connectivity index (χ4n) is 2.93. The Labute approximate surface area is 163 Å². The number of urea groups is 1. The number of aromatic nitrogens is 1. The van der Waals surface area contributed by atoms with Gasteiger partial charge in [-0.25, -0.2) is 18.2 Å². The molecule has 2 amide bonds. The van der Waals surface area contributed by atoms with Crippen LogP contribution in [0, 0.1) is 0 Å². The molecule has 1 aromatic heterocycles. The molecule has 2 heterocycles. The van der Waals surface area contributed by atoms with Crippen LogP contribution in [0.3, 0.4) is 0 Å². The molecule has 27 heavy (non-hydrogen) atoms. The number of nitrogens with zero attached hydrogens (tertiary/aromatic N) is 2. The van der Waals surface area contributed by atoms with Crippen molar-refractivity contribution in [1.82, 2.24) is 14.6 Å². The second-order valence-electron chi connectivity index (χ2n) is 6.34. The Morgan fingerprint density at radius 2 is 2.07 bits per heavy atom. The topological polar surface area (TPSA) is 91.4 Å². The first-order valence-corrected chi connectivity index (χ1v) is 11.5. The van der Waals surface area contributed by atoms with Crippen LogP contribution in [-0.4, -0.2) is 42.6 Å². The van der Waals surface area contributed by atoms with Crippen LogP contribution in [0.5, 0.6) is 0 Å². The van der Waals surface area contributed by atoms with E-state index in [2.05, 4.69) is 27.8 Å². The second-order valence-corrected chi connectivity index (χ2v) is 9.68. The van der Waals surface area contributed by atoms with E-state index < -0.39 is 10.0 Å². The van der Waals surface area contributed by atoms with Gasteiger partial charge in [-0.3, -0.25) is 5.32 Å². The third-order valence-electron chi connectivity index (χ3n) is 4.45. The summed E-state index contributed by atoms with van der Waals surface area (Å²) >= 11 is 1.34. The second kappa shape index (κ2) is 8.81. The van der Waals surface area contributed by atoms with E-state index in [0.29, 0.717) is 31.2 Å². The first-order valence-electron chi connectivity index (χ1n) is 9.03. The molecule has 0 aliphatic carbocycles. The minimum absolute atomic E-state index is 0.0949. The van der Waals surface area contributed by atoms with Gasteiger partial charge < -0.3 is 5.32 Å². The summed E-state index contributed by atoms with van der Waals surface area (Å²) in [4.78, 5) is 17.4. The van der Waals surface area contributed by atoms with E-state index in [1.165, 1.54) is 21.2 Å². The SMILES string of the molecule is CCS(=O)(=O)N1CCc2nc(NC(=O)NCCCc3ccccc3)sc2C1. The average Bonchev–Trinajstić information content (AvgIpc) is 3.07. The maximum atomic E-state index is 12.0. The Morgan fingerprint density at radius 1 is 1.30 bits per heavy atom. The molecule has 0 spiro atoms. The van der Waals surface area contributed by atoms with Gasteiger partial charge in [-0.05, 0) is 25.3 Å². The Kier molecular flexibility index (Phi) is 6.46. The number of fused-ring (bicyclic) bond motifs is 1. The number of thiazole rings is 1. The Bertz CT molecular complexity index is 881. The van der Waals surface area contributed by atoms with Crippen LogP contribution in [0.4, 0.5) is 9.93 Å². The van der Waals surface area contributed by atoms with E-state index in [9.17, 15) is 13.2 Å². The van der Waals surface area contributed by atoms with E-state index in [1.54, 1.807) is 6.92 Å². The average molecular weight is 409 g/mol. The molecule has 146 valence electrons. The van der Waals surface area contributed by atoms with Gasteiger partial charge in [0.25, 0.3) is 0 Å². The molecule has 0 bridgehead atoms. The largest absolute Gasteiger partial charge is 0.338 e. The lowest BCUT2D eigenvalue weighted by molar-refractivity contribution is 0.252. The molecule has 9 heteroatoms. The molecule has 2 aromatic rings. The van der Waals surface area contributed by atoms with Gasteiger partial charge >= 0.3 is 6.03 Å². The van der Waals surface area contributed by atoms with Crippen molar-refractivity contribution in [2.75, 3.05) is 24.2 Å². The van der Waals surface area contributed by atoms with Crippen molar-refractivity contribution in [3.63, 3.8) is 0 Å². The zero-order valence-corrected chi connectivity index (χ0v) is 16.9. The van der Waals surface area contributed by atoms with Crippen LogP contribution in [0.2, 0.25) is 0 Å². The molecule has 1 aromatic carbocycles. The van der Waals surface area contributed by atoms with E-state index in [-0.39, 0.29) is 11.8 Å². The van der Waals surface area contributed by atoms with Crippen molar-refractivity contribution in [3.05, 3.63) is 46.5 Å². The smallest absolute Gasteiger partial charge is 0.321 e. The van der Waals surface area contributed by atoms with E-state index in [4.69, 9.17) is 0 Å². The Morgan fingerprint density at radius 3 is 2.81 bits per heavy atom. The highest BCUT2D eigenvalue weighted by molar-refractivity contribution is 7.89. The number of sulfonamides is 1. The molecular formula is C18H24N4O3S2. The maximum Gasteiger partial charge on any atom is 0.321 e. The van der Waals surface area contributed by atoms with Crippen LogP contribution in [0.25, 0.3) is 0 Å². The molecule has 0 unspecified atom stereocenters. The fourth-order valence-corrected chi connectivity index (χ4v) is 5.09. The number of anilines is 1. The first-order chi connectivity index (χ1) is 13.0. The number of aryl methyl sites for hydroxylation is 1. The summed E-state index contributed by atoms with van der Waals surface area (Å²) < 4.78 is 25.5. The van der Waals surface area contributed by atoms with E-state index in [1.807, 2.05) is 18.2 Å². The summed E-state index contributed by atoms with van der Waals surface area (Å²) in [6, 6.07) is 9.86. The molecule has 2 N–H and O–H groups in total.